The number of aromatic nitrogens is 3. The molecule has 3 aromatic heterocycles. The Bertz CT molecular complexity index is 879. The number of carbonyl (C=O) groups is 1. The van der Waals surface area contributed by atoms with Crippen molar-refractivity contribution in [3.63, 3.8) is 0 Å². The van der Waals surface area contributed by atoms with Crippen molar-refractivity contribution >= 4 is 23.0 Å². The number of nitrogens with one attached hydrogen (secondary N) is 1. The number of fused-ring (bicyclic) bond motifs is 1. The molecule has 0 aliphatic heterocycles. The number of nitrogens with zero attached hydrogens (tertiary/aromatic N) is 3. The second kappa shape index (κ2) is 6.12. The van der Waals surface area contributed by atoms with Gasteiger partial charge in [-0.05, 0) is 18.2 Å². The highest BCUT2D eigenvalue weighted by atomic mass is 35.5. The van der Waals surface area contributed by atoms with Crippen LogP contribution in [-0.2, 0) is 0 Å². The maximum Gasteiger partial charge on any atom is 0.412 e. The first kappa shape index (κ1) is 16.3. The molecule has 0 bridgehead atoms. The molecule has 5 nitrogen and oxygen atoms in total. The van der Waals surface area contributed by atoms with Crippen LogP contribution in [0.5, 0.6) is 0 Å². The van der Waals surface area contributed by atoms with Gasteiger partial charge in [-0.1, -0.05) is 23.7 Å². The van der Waals surface area contributed by atoms with E-state index in [-0.39, 0.29) is 16.5 Å². The van der Waals surface area contributed by atoms with Gasteiger partial charge in [0.25, 0.3) is 5.91 Å². The Morgan fingerprint density at radius 3 is 2.71 bits per heavy atom. The normalized spacial score (nSPS) is 13.0. The Morgan fingerprint density at radius 2 is 2.04 bits per heavy atom. The van der Waals surface area contributed by atoms with Gasteiger partial charge in [0, 0.05) is 24.2 Å². The summed E-state index contributed by atoms with van der Waals surface area (Å²) in [7, 11) is 0. The summed E-state index contributed by atoms with van der Waals surface area (Å²) in [6, 6.07) is 5.30. The molecule has 0 aliphatic rings. The van der Waals surface area contributed by atoms with Crippen molar-refractivity contribution in [2.75, 3.05) is 0 Å². The van der Waals surface area contributed by atoms with E-state index in [2.05, 4.69) is 9.97 Å². The van der Waals surface area contributed by atoms with Crippen LogP contribution in [0, 0.1) is 0 Å². The van der Waals surface area contributed by atoms with Crippen LogP contribution in [0.4, 0.5) is 13.2 Å². The number of amides is 1. The topological polar surface area (TPSA) is 59.3 Å². The fourth-order valence-corrected chi connectivity index (χ4v) is 2.49. The minimum Gasteiger partial charge on any atom is -0.334 e. The Morgan fingerprint density at radius 1 is 1.25 bits per heavy atom. The summed E-state index contributed by atoms with van der Waals surface area (Å²) < 4.78 is 41.2. The van der Waals surface area contributed by atoms with E-state index < -0.39 is 18.1 Å². The van der Waals surface area contributed by atoms with E-state index in [9.17, 15) is 18.0 Å². The van der Waals surface area contributed by atoms with Crippen LogP contribution in [0.15, 0.2) is 48.9 Å². The standard InChI is InChI=1S/C15H10ClF3N4O/c16-12-10-5-1-2-7-23(10)13(22-12)14(24)21-11(15(17,18)19)9-4-3-6-20-8-9/h1-8,11H,(H,21,24). The number of hydrogen-bond acceptors (Lipinski definition) is 3. The Labute approximate surface area is 139 Å². The average Bonchev–Trinajstić information content (AvgIpc) is 2.90. The highest BCUT2D eigenvalue weighted by Gasteiger charge is 2.42. The van der Waals surface area contributed by atoms with E-state index in [1.807, 2.05) is 5.32 Å². The number of hydrogen-bond donors (Lipinski definition) is 1. The molecule has 24 heavy (non-hydrogen) atoms. The molecule has 3 rings (SSSR count). The lowest BCUT2D eigenvalue weighted by atomic mass is 10.1. The number of pyridine rings is 2. The molecule has 1 unspecified atom stereocenters. The second-order valence-corrected chi connectivity index (χ2v) is 5.27. The maximum atomic E-state index is 13.3. The van der Waals surface area contributed by atoms with Crippen molar-refractivity contribution in [1.82, 2.24) is 19.7 Å². The first-order valence-electron chi connectivity index (χ1n) is 6.78. The Kier molecular flexibility index (Phi) is 4.15. The molecule has 1 N–H and O–H groups in total. The molecule has 0 aliphatic carbocycles. The largest absolute Gasteiger partial charge is 0.412 e. The van der Waals surface area contributed by atoms with Gasteiger partial charge >= 0.3 is 6.18 Å². The summed E-state index contributed by atoms with van der Waals surface area (Å²) in [6.45, 7) is 0. The lowest BCUT2D eigenvalue weighted by Crippen LogP contribution is -2.38. The molecule has 124 valence electrons. The fourth-order valence-electron chi connectivity index (χ4n) is 2.26. The van der Waals surface area contributed by atoms with Crippen molar-refractivity contribution < 1.29 is 18.0 Å². The van der Waals surface area contributed by atoms with E-state index in [1.165, 1.54) is 28.9 Å². The van der Waals surface area contributed by atoms with E-state index in [1.54, 1.807) is 18.2 Å². The number of alkyl halides is 3. The van der Waals surface area contributed by atoms with Crippen molar-refractivity contribution in [1.29, 1.82) is 0 Å². The molecule has 0 radical (unpaired) electrons. The van der Waals surface area contributed by atoms with Crippen molar-refractivity contribution in [3.05, 3.63) is 65.5 Å². The zero-order valence-electron chi connectivity index (χ0n) is 12.0. The highest BCUT2D eigenvalue weighted by molar-refractivity contribution is 6.33. The van der Waals surface area contributed by atoms with E-state index in [4.69, 9.17) is 11.6 Å². The van der Waals surface area contributed by atoms with Gasteiger partial charge in [-0.2, -0.15) is 13.2 Å². The number of carbonyl (C=O) groups excluding carboxylic acids is 1. The van der Waals surface area contributed by atoms with Gasteiger partial charge in [0.05, 0.1) is 5.52 Å². The molecule has 1 atom stereocenters. The van der Waals surface area contributed by atoms with Gasteiger partial charge in [-0.3, -0.25) is 14.2 Å². The summed E-state index contributed by atoms with van der Waals surface area (Å²) in [4.78, 5) is 19.8. The van der Waals surface area contributed by atoms with Gasteiger partial charge < -0.3 is 5.32 Å². The lowest BCUT2D eigenvalue weighted by molar-refractivity contribution is -0.155. The molecule has 3 aromatic rings. The molecular weight excluding hydrogens is 345 g/mol. The van der Waals surface area contributed by atoms with Crippen LogP contribution < -0.4 is 5.32 Å². The van der Waals surface area contributed by atoms with Crippen LogP contribution in [-0.4, -0.2) is 26.5 Å². The van der Waals surface area contributed by atoms with Crippen molar-refractivity contribution in [3.8, 4) is 0 Å². The van der Waals surface area contributed by atoms with Crippen LogP contribution in [0.1, 0.15) is 22.2 Å². The first-order valence-corrected chi connectivity index (χ1v) is 7.16. The summed E-state index contributed by atoms with van der Waals surface area (Å²) >= 11 is 5.92. The monoisotopic (exact) mass is 354 g/mol. The van der Waals surface area contributed by atoms with Crippen LogP contribution in [0.2, 0.25) is 5.15 Å². The minimum absolute atomic E-state index is 0.0330. The third kappa shape index (κ3) is 3.05. The highest BCUT2D eigenvalue weighted by Crippen LogP contribution is 2.32. The smallest absolute Gasteiger partial charge is 0.334 e. The Hall–Kier alpha value is -2.61. The molecule has 0 saturated heterocycles. The van der Waals surface area contributed by atoms with Crippen LogP contribution in [0.3, 0.4) is 0 Å². The molecule has 0 aromatic carbocycles. The molecule has 3 heterocycles. The van der Waals surface area contributed by atoms with Gasteiger partial charge in [0.15, 0.2) is 11.2 Å². The number of imidazole rings is 1. The third-order valence-electron chi connectivity index (χ3n) is 3.33. The maximum absolute atomic E-state index is 13.3. The third-order valence-corrected chi connectivity index (χ3v) is 3.61. The lowest BCUT2D eigenvalue weighted by Gasteiger charge is -2.21. The second-order valence-electron chi connectivity index (χ2n) is 4.92. The van der Waals surface area contributed by atoms with Gasteiger partial charge in [0.1, 0.15) is 0 Å². The van der Waals surface area contributed by atoms with E-state index in [0.29, 0.717) is 5.52 Å². The summed E-state index contributed by atoms with van der Waals surface area (Å²) in [6.07, 6.45) is -0.791. The molecule has 1 amide bonds. The quantitative estimate of drug-likeness (QED) is 0.784. The zero-order valence-corrected chi connectivity index (χ0v) is 12.7. The van der Waals surface area contributed by atoms with Crippen LogP contribution >= 0.6 is 11.6 Å². The summed E-state index contributed by atoms with van der Waals surface area (Å²) in [5.74, 6) is -1.22. The molecule has 0 spiro atoms. The van der Waals surface area contributed by atoms with Crippen molar-refractivity contribution in [2.45, 2.75) is 12.2 Å². The van der Waals surface area contributed by atoms with Gasteiger partial charge in [-0.15, -0.1) is 0 Å². The zero-order chi connectivity index (χ0) is 17.3. The molecular formula is C15H10ClF3N4O. The molecule has 0 fully saturated rings. The fraction of sp³-hybridized carbons (Fsp3) is 0.133. The minimum atomic E-state index is -4.68. The van der Waals surface area contributed by atoms with Gasteiger partial charge in [-0.25, -0.2) is 4.98 Å². The molecule has 9 heteroatoms. The van der Waals surface area contributed by atoms with Crippen LogP contribution in [0.25, 0.3) is 5.52 Å². The number of halogens is 4. The average molecular weight is 355 g/mol. The van der Waals surface area contributed by atoms with Crippen molar-refractivity contribution in [2.24, 2.45) is 0 Å². The molecule has 0 saturated carbocycles. The predicted molar refractivity (Wildman–Crippen MR) is 80.7 cm³/mol. The van der Waals surface area contributed by atoms with Gasteiger partial charge in [0.2, 0.25) is 5.82 Å². The predicted octanol–water partition coefficient (Wildman–Crippen LogP) is 3.42. The first-order chi connectivity index (χ1) is 11.4. The van der Waals surface area contributed by atoms with E-state index >= 15 is 0 Å². The SMILES string of the molecule is O=C(NC(c1cccnc1)C(F)(F)F)c1nc(Cl)c2ccccn12. The van der Waals surface area contributed by atoms with E-state index in [0.717, 1.165) is 6.20 Å². The Balaban J connectivity index is 1.97. The summed E-state index contributed by atoms with van der Waals surface area (Å²) in [5.41, 5.74) is 0.250. The number of rotatable bonds is 3. The summed E-state index contributed by atoms with van der Waals surface area (Å²) in [5, 5.41) is 1.98.